The van der Waals surface area contributed by atoms with E-state index in [-0.39, 0.29) is 0 Å². The number of benzene rings is 1. The molecule has 0 radical (unpaired) electrons. The molecule has 1 unspecified atom stereocenters. The van der Waals surface area contributed by atoms with Gasteiger partial charge in [0.2, 0.25) is 0 Å². The summed E-state index contributed by atoms with van der Waals surface area (Å²) in [6, 6.07) is 1.84. The molecule has 0 aliphatic carbocycles. The number of ether oxygens (including phenoxy) is 2. The smallest absolute Gasteiger partial charge is 0.161 e. The van der Waals surface area contributed by atoms with E-state index < -0.39 is 0 Å². The molecule has 1 aliphatic rings. The van der Waals surface area contributed by atoms with Crippen LogP contribution in [-0.4, -0.2) is 20.8 Å². The van der Waals surface area contributed by atoms with E-state index in [9.17, 15) is 0 Å². The molecule has 1 aromatic carbocycles. The molecule has 18 heavy (non-hydrogen) atoms. The molecule has 0 bridgehead atoms. The van der Waals surface area contributed by atoms with Gasteiger partial charge in [0, 0.05) is 18.2 Å². The summed E-state index contributed by atoms with van der Waals surface area (Å²) in [5, 5.41) is 4.03. The molecule has 1 atom stereocenters. The first kappa shape index (κ1) is 13.3. The Bertz CT molecular complexity index is 446. The van der Waals surface area contributed by atoms with Crippen LogP contribution in [0.3, 0.4) is 0 Å². The van der Waals surface area contributed by atoms with Gasteiger partial charge in [-0.25, -0.2) is 0 Å². The zero-order chi connectivity index (χ0) is 13.3. The third-order valence-electron chi connectivity index (χ3n) is 3.68. The minimum Gasteiger partial charge on any atom is -0.496 e. The second kappa shape index (κ2) is 5.27. The Morgan fingerprint density at radius 1 is 1.33 bits per heavy atom. The monoisotopic (exact) mass is 269 g/mol. The standard InChI is InChI=1S/C14H20ClNO2/c1-8(2)9-5-10-12(17-3)6-11(15)14(18-4)13(10)16-7-9/h6,8-9,16H,5,7H2,1-4H3. The molecule has 4 heteroatoms. The van der Waals surface area contributed by atoms with Gasteiger partial charge in [-0.1, -0.05) is 25.4 Å². The number of fused-ring (bicyclic) bond motifs is 1. The Morgan fingerprint density at radius 2 is 2.06 bits per heavy atom. The molecular formula is C14H20ClNO2. The maximum Gasteiger partial charge on any atom is 0.161 e. The highest BCUT2D eigenvalue weighted by Crippen LogP contribution is 2.45. The van der Waals surface area contributed by atoms with E-state index in [2.05, 4.69) is 19.2 Å². The molecule has 0 spiro atoms. The number of rotatable bonds is 3. The van der Waals surface area contributed by atoms with Gasteiger partial charge >= 0.3 is 0 Å². The maximum absolute atomic E-state index is 6.20. The minimum absolute atomic E-state index is 0.587. The largest absolute Gasteiger partial charge is 0.496 e. The highest BCUT2D eigenvalue weighted by Gasteiger charge is 2.27. The Labute approximate surface area is 113 Å². The van der Waals surface area contributed by atoms with E-state index in [0.29, 0.717) is 16.9 Å². The predicted octanol–water partition coefficient (Wildman–Crippen LogP) is 3.60. The first-order valence-corrected chi connectivity index (χ1v) is 6.63. The lowest BCUT2D eigenvalue weighted by Gasteiger charge is -2.31. The molecular weight excluding hydrogens is 250 g/mol. The van der Waals surface area contributed by atoms with E-state index in [1.807, 2.05) is 6.07 Å². The van der Waals surface area contributed by atoms with Crippen molar-refractivity contribution in [2.45, 2.75) is 20.3 Å². The first-order chi connectivity index (χ1) is 8.58. The molecule has 100 valence electrons. The van der Waals surface area contributed by atoms with Crippen LogP contribution in [0, 0.1) is 11.8 Å². The molecule has 0 fully saturated rings. The van der Waals surface area contributed by atoms with Gasteiger partial charge in [0.25, 0.3) is 0 Å². The summed E-state index contributed by atoms with van der Waals surface area (Å²) in [6.45, 7) is 5.44. The number of nitrogens with one attached hydrogen (secondary N) is 1. The summed E-state index contributed by atoms with van der Waals surface area (Å²) in [5.41, 5.74) is 2.16. The van der Waals surface area contributed by atoms with Gasteiger partial charge in [-0.2, -0.15) is 0 Å². The molecule has 0 saturated carbocycles. The van der Waals surface area contributed by atoms with Crippen LogP contribution in [0.2, 0.25) is 5.02 Å². The fourth-order valence-corrected chi connectivity index (χ4v) is 2.73. The second-order valence-corrected chi connectivity index (χ2v) is 5.44. The molecule has 3 nitrogen and oxygen atoms in total. The van der Waals surface area contributed by atoms with Crippen molar-refractivity contribution < 1.29 is 9.47 Å². The number of anilines is 1. The molecule has 0 amide bonds. The van der Waals surface area contributed by atoms with E-state index in [0.717, 1.165) is 30.2 Å². The minimum atomic E-state index is 0.587. The van der Waals surface area contributed by atoms with Crippen LogP contribution in [0.25, 0.3) is 0 Å². The fraction of sp³-hybridized carbons (Fsp3) is 0.571. The molecule has 2 rings (SSSR count). The Kier molecular flexibility index (Phi) is 3.91. The van der Waals surface area contributed by atoms with Crippen LogP contribution in [0.1, 0.15) is 19.4 Å². The topological polar surface area (TPSA) is 30.5 Å². The van der Waals surface area contributed by atoms with Crippen LogP contribution in [0.15, 0.2) is 6.07 Å². The number of hydrogen-bond acceptors (Lipinski definition) is 3. The van der Waals surface area contributed by atoms with Crippen LogP contribution in [-0.2, 0) is 6.42 Å². The van der Waals surface area contributed by atoms with E-state index in [1.54, 1.807) is 14.2 Å². The highest BCUT2D eigenvalue weighted by atomic mass is 35.5. The quantitative estimate of drug-likeness (QED) is 0.910. The molecule has 0 aromatic heterocycles. The molecule has 1 N–H and O–H groups in total. The summed E-state index contributed by atoms with van der Waals surface area (Å²) in [4.78, 5) is 0. The van der Waals surface area contributed by atoms with Crippen LogP contribution in [0.5, 0.6) is 11.5 Å². The third-order valence-corrected chi connectivity index (χ3v) is 3.96. The lowest BCUT2D eigenvalue weighted by atomic mass is 9.85. The summed E-state index contributed by atoms with van der Waals surface area (Å²) in [7, 11) is 3.32. The molecule has 0 saturated heterocycles. The van der Waals surface area contributed by atoms with Gasteiger partial charge in [0.1, 0.15) is 5.75 Å². The number of hydrogen-bond donors (Lipinski definition) is 1. The Morgan fingerprint density at radius 3 is 2.61 bits per heavy atom. The van der Waals surface area contributed by atoms with Crippen LogP contribution in [0.4, 0.5) is 5.69 Å². The molecule has 1 aromatic rings. The van der Waals surface area contributed by atoms with Crippen molar-refractivity contribution in [3.8, 4) is 11.5 Å². The van der Waals surface area contributed by atoms with Gasteiger partial charge in [-0.15, -0.1) is 0 Å². The summed E-state index contributed by atoms with van der Waals surface area (Å²) >= 11 is 6.20. The lowest BCUT2D eigenvalue weighted by Crippen LogP contribution is -2.27. The fourth-order valence-electron chi connectivity index (χ4n) is 2.46. The Hall–Kier alpha value is -1.09. The van der Waals surface area contributed by atoms with Crippen molar-refractivity contribution in [3.63, 3.8) is 0 Å². The molecule has 1 heterocycles. The van der Waals surface area contributed by atoms with Crippen molar-refractivity contribution in [1.82, 2.24) is 0 Å². The SMILES string of the molecule is COc1cc(Cl)c(OC)c2c1CC(C(C)C)CN2. The first-order valence-electron chi connectivity index (χ1n) is 6.25. The normalized spacial score (nSPS) is 18.2. The van der Waals surface area contributed by atoms with Gasteiger partial charge in [0.05, 0.1) is 24.9 Å². The second-order valence-electron chi connectivity index (χ2n) is 5.04. The van der Waals surface area contributed by atoms with Gasteiger partial charge in [0.15, 0.2) is 5.75 Å². The van der Waals surface area contributed by atoms with Gasteiger partial charge < -0.3 is 14.8 Å². The van der Waals surface area contributed by atoms with Gasteiger partial charge in [-0.05, 0) is 18.3 Å². The highest BCUT2D eigenvalue weighted by molar-refractivity contribution is 6.32. The van der Waals surface area contributed by atoms with Crippen molar-refractivity contribution in [3.05, 3.63) is 16.7 Å². The van der Waals surface area contributed by atoms with E-state index in [4.69, 9.17) is 21.1 Å². The van der Waals surface area contributed by atoms with Crippen molar-refractivity contribution in [2.24, 2.45) is 11.8 Å². The van der Waals surface area contributed by atoms with Crippen molar-refractivity contribution in [1.29, 1.82) is 0 Å². The predicted molar refractivity (Wildman–Crippen MR) is 75.1 cm³/mol. The molecule has 1 aliphatic heterocycles. The van der Waals surface area contributed by atoms with E-state index >= 15 is 0 Å². The number of halogens is 1. The van der Waals surface area contributed by atoms with Gasteiger partial charge in [-0.3, -0.25) is 0 Å². The van der Waals surface area contributed by atoms with Crippen molar-refractivity contribution >= 4 is 17.3 Å². The summed E-state index contributed by atoms with van der Waals surface area (Å²) in [5.74, 6) is 2.80. The van der Waals surface area contributed by atoms with Crippen LogP contribution < -0.4 is 14.8 Å². The van der Waals surface area contributed by atoms with E-state index in [1.165, 1.54) is 5.56 Å². The Balaban J connectivity index is 2.48. The number of methoxy groups -OCH3 is 2. The summed E-state index contributed by atoms with van der Waals surface area (Å²) in [6.07, 6.45) is 0.997. The average Bonchev–Trinajstić information content (AvgIpc) is 2.37. The average molecular weight is 270 g/mol. The third kappa shape index (κ3) is 2.24. The lowest BCUT2D eigenvalue weighted by molar-refractivity contribution is 0.364. The van der Waals surface area contributed by atoms with Crippen LogP contribution >= 0.6 is 11.6 Å². The maximum atomic E-state index is 6.20. The zero-order valence-corrected chi connectivity index (χ0v) is 12.1. The zero-order valence-electron chi connectivity index (χ0n) is 11.3. The van der Waals surface area contributed by atoms with Crippen molar-refractivity contribution in [2.75, 3.05) is 26.1 Å². The summed E-state index contributed by atoms with van der Waals surface area (Å²) < 4.78 is 10.8.